The van der Waals surface area contributed by atoms with Crippen LogP contribution in [-0.4, -0.2) is 60.3 Å². The lowest BCUT2D eigenvalue weighted by molar-refractivity contribution is -0.116. The van der Waals surface area contributed by atoms with Crippen molar-refractivity contribution in [1.29, 1.82) is 0 Å². The molecule has 34 heavy (non-hydrogen) atoms. The molecular formula is C26H28N4O4. The van der Waals surface area contributed by atoms with Gasteiger partial charge in [0.05, 0.1) is 31.2 Å². The molecule has 176 valence electrons. The number of ether oxygens (including phenoxy) is 2. The van der Waals surface area contributed by atoms with E-state index in [1.165, 1.54) is 0 Å². The average Bonchev–Trinajstić information content (AvgIpc) is 3.26. The summed E-state index contributed by atoms with van der Waals surface area (Å²) >= 11 is 0. The monoisotopic (exact) mass is 460 g/mol. The number of nitrogens with one attached hydrogen (secondary N) is 1. The fraction of sp³-hybridized carbons (Fsp3) is 0.346. The van der Waals surface area contributed by atoms with Gasteiger partial charge in [0.15, 0.2) is 0 Å². The van der Waals surface area contributed by atoms with Gasteiger partial charge < -0.3 is 14.8 Å². The lowest BCUT2D eigenvalue weighted by Crippen LogP contribution is -2.38. The lowest BCUT2D eigenvalue weighted by Gasteiger charge is -2.26. The number of carbonyl (C=O) groups excluding carboxylic acids is 1. The molecule has 1 fully saturated rings. The Balaban J connectivity index is 1.36. The van der Waals surface area contributed by atoms with Gasteiger partial charge in [-0.2, -0.15) is 0 Å². The van der Waals surface area contributed by atoms with Crippen LogP contribution in [0.15, 0.2) is 47.3 Å². The predicted octanol–water partition coefficient (Wildman–Crippen LogP) is 3.01. The van der Waals surface area contributed by atoms with E-state index in [-0.39, 0.29) is 11.5 Å². The highest BCUT2D eigenvalue weighted by Gasteiger charge is 2.21. The number of morpholine rings is 1. The molecule has 5 rings (SSSR count). The van der Waals surface area contributed by atoms with Gasteiger partial charge in [0, 0.05) is 38.3 Å². The van der Waals surface area contributed by atoms with Crippen molar-refractivity contribution in [2.24, 2.45) is 0 Å². The van der Waals surface area contributed by atoms with Gasteiger partial charge in [-0.1, -0.05) is 12.1 Å². The first-order chi connectivity index (χ1) is 16.6. The van der Waals surface area contributed by atoms with Crippen LogP contribution in [0.5, 0.6) is 5.75 Å². The van der Waals surface area contributed by atoms with Crippen molar-refractivity contribution >= 4 is 34.1 Å². The van der Waals surface area contributed by atoms with Crippen molar-refractivity contribution in [3.05, 3.63) is 64.2 Å². The Morgan fingerprint density at radius 1 is 1.15 bits per heavy atom. The molecule has 1 N–H and O–H groups in total. The third kappa shape index (κ3) is 4.73. The molecule has 0 spiro atoms. The Labute approximate surface area is 197 Å². The molecular weight excluding hydrogens is 432 g/mol. The minimum Gasteiger partial charge on any atom is -0.497 e. The molecule has 8 heteroatoms. The molecule has 0 radical (unpaired) electrons. The van der Waals surface area contributed by atoms with Gasteiger partial charge in [-0.25, -0.2) is 4.98 Å². The summed E-state index contributed by atoms with van der Waals surface area (Å²) in [4.78, 5) is 32.6. The zero-order chi connectivity index (χ0) is 23.5. The number of aromatic nitrogens is 2. The first-order valence-electron chi connectivity index (χ1n) is 11.6. The van der Waals surface area contributed by atoms with Gasteiger partial charge in [0.25, 0.3) is 5.56 Å². The highest BCUT2D eigenvalue weighted by molar-refractivity contribution is 5.94. The summed E-state index contributed by atoms with van der Waals surface area (Å²) in [5.74, 6) is 1.43. The molecule has 3 aromatic rings. The van der Waals surface area contributed by atoms with E-state index in [9.17, 15) is 9.59 Å². The van der Waals surface area contributed by atoms with E-state index < -0.39 is 0 Å². The van der Waals surface area contributed by atoms with Crippen LogP contribution in [0.2, 0.25) is 0 Å². The number of amides is 1. The topological polar surface area (TPSA) is 85.7 Å². The van der Waals surface area contributed by atoms with Crippen LogP contribution >= 0.6 is 0 Å². The molecule has 2 aromatic carbocycles. The normalized spacial score (nSPS) is 17.1. The number of hydrogen-bond donors (Lipinski definition) is 1. The van der Waals surface area contributed by atoms with Gasteiger partial charge in [0.2, 0.25) is 5.91 Å². The third-order valence-electron chi connectivity index (χ3n) is 6.35. The van der Waals surface area contributed by atoms with Gasteiger partial charge in [0.1, 0.15) is 11.6 Å². The van der Waals surface area contributed by atoms with Gasteiger partial charge in [-0.3, -0.25) is 19.1 Å². The summed E-state index contributed by atoms with van der Waals surface area (Å²) in [6.07, 6.45) is 3.22. The van der Waals surface area contributed by atoms with Crippen molar-refractivity contribution in [1.82, 2.24) is 14.5 Å². The minimum absolute atomic E-state index is 0.0520. The quantitative estimate of drug-likeness (QED) is 0.609. The van der Waals surface area contributed by atoms with Crippen molar-refractivity contribution in [3.8, 4) is 5.75 Å². The Bertz CT molecular complexity index is 1290. The van der Waals surface area contributed by atoms with Crippen LogP contribution in [0.25, 0.3) is 22.6 Å². The van der Waals surface area contributed by atoms with Crippen LogP contribution in [0, 0.1) is 0 Å². The molecule has 0 bridgehead atoms. The first kappa shape index (κ1) is 22.3. The van der Waals surface area contributed by atoms with E-state index in [0.29, 0.717) is 55.1 Å². The van der Waals surface area contributed by atoms with E-state index in [1.807, 2.05) is 24.3 Å². The number of fused-ring (bicyclic) bond motifs is 2. The van der Waals surface area contributed by atoms with E-state index in [2.05, 4.69) is 16.3 Å². The summed E-state index contributed by atoms with van der Waals surface area (Å²) in [7, 11) is 1.64. The predicted molar refractivity (Wildman–Crippen MR) is 132 cm³/mol. The highest BCUT2D eigenvalue weighted by Crippen LogP contribution is 2.28. The van der Waals surface area contributed by atoms with Crippen LogP contribution < -0.4 is 15.6 Å². The lowest BCUT2D eigenvalue weighted by atomic mass is 10.1. The number of hydrogen-bond acceptors (Lipinski definition) is 6. The number of carbonyl (C=O) groups is 1. The number of allylic oxidation sites excluding steroid dienone is 1. The number of rotatable bonds is 6. The fourth-order valence-electron chi connectivity index (χ4n) is 4.44. The molecule has 2 aliphatic rings. The second kappa shape index (κ2) is 9.79. The Morgan fingerprint density at radius 2 is 1.94 bits per heavy atom. The van der Waals surface area contributed by atoms with Crippen molar-refractivity contribution in [2.75, 3.05) is 45.3 Å². The van der Waals surface area contributed by atoms with Gasteiger partial charge >= 0.3 is 0 Å². The molecule has 1 amide bonds. The average molecular weight is 461 g/mol. The Hall–Kier alpha value is -3.49. The zero-order valence-corrected chi connectivity index (χ0v) is 19.3. The Morgan fingerprint density at radius 3 is 2.71 bits per heavy atom. The summed E-state index contributed by atoms with van der Waals surface area (Å²) in [6.45, 7) is 4.46. The summed E-state index contributed by atoms with van der Waals surface area (Å²) < 4.78 is 12.3. The molecule has 1 saturated heterocycles. The van der Waals surface area contributed by atoms with Crippen LogP contribution in [0.3, 0.4) is 0 Å². The smallest absolute Gasteiger partial charge is 0.261 e. The maximum atomic E-state index is 13.1. The number of methoxy groups -OCH3 is 1. The second-order valence-corrected chi connectivity index (χ2v) is 8.57. The maximum absolute atomic E-state index is 13.1. The molecule has 3 heterocycles. The summed E-state index contributed by atoms with van der Waals surface area (Å²) in [6, 6.07) is 13.1. The molecule has 0 atom stereocenters. The maximum Gasteiger partial charge on any atom is 0.261 e. The van der Waals surface area contributed by atoms with Crippen molar-refractivity contribution in [2.45, 2.75) is 19.4 Å². The van der Waals surface area contributed by atoms with E-state index in [4.69, 9.17) is 14.5 Å². The molecule has 8 nitrogen and oxygen atoms in total. The summed E-state index contributed by atoms with van der Waals surface area (Å²) in [5, 5.41) is 3.51. The number of benzene rings is 2. The molecule has 0 saturated carbocycles. The standard InChI is InChI=1S/C26H28N4O4/c1-33-21-5-2-18(3-6-21)16-19-8-11-30-25(19)28-23-17-20(4-7-22(23)26(30)32)27-24(31)9-10-29-12-14-34-15-13-29/h2-7,16-17H,8-15H2,1H3,(H,27,31). The minimum atomic E-state index is -0.0525. The van der Waals surface area contributed by atoms with E-state index >= 15 is 0 Å². The molecule has 0 aliphatic carbocycles. The van der Waals surface area contributed by atoms with Crippen LogP contribution in [-0.2, 0) is 16.1 Å². The fourth-order valence-corrected chi connectivity index (χ4v) is 4.44. The third-order valence-corrected chi connectivity index (χ3v) is 6.35. The zero-order valence-electron chi connectivity index (χ0n) is 19.3. The van der Waals surface area contributed by atoms with Crippen molar-refractivity contribution < 1.29 is 14.3 Å². The molecule has 0 unspecified atom stereocenters. The Kier molecular flexibility index (Phi) is 6.42. The van der Waals surface area contributed by atoms with Crippen molar-refractivity contribution in [3.63, 3.8) is 0 Å². The van der Waals surface area contributed by atoms with Crippen LogP contribution in [0.4, 0.5) is 5.69 Å². The van der Waals surface area contributed by atoms with Gasteiger partial charge in [-0.05, 0) is 54.0 Å². The van der Waals surface area contributed by atoms with Gasteiger partial charge in [-0.15, -0.1) is 0 Å². The van der Waals surface area contributed by atoms with Crippen LogP contribution in [0.1, 0.15) is 24.2 Å². The number of nitrogens with zero attached hydrogens (tertiary/aromatic N) is 3. The molecule has 1 aromatic heterocycles. The summed E-state index contributed by atoms with van der Waals surface area (Å²) in [5.41, 5.74) is 3.23. The molecule has 2 aliphatic heterocycles. The largest absolute Gasteiger partial charge is 0.497 e. The first-order valence-corrected chi connectivity index (χ1v) is 11.6. The number of anilines is 1. The van der Waals surface area contributed by atoms with E-state index in [0.717, 1.165) is 36.4 Å². The highest BCUT2D eigenvalue weighted by atomic mass is 16.5. The van der Waals surface area contributed by atoms with E-state index in [1.54, 1.807) is 29.9 Å². The second-order valence-electron chi connectivity index (χ2n) is 8.57. The SMILES string of the molecule is COc1ccc(C=C2CCn3c2nc2cc(NC(=O)CCN4CCOCC4)ccc2c3=O)cc1.